The van der Waals surface area contributed by atoms with Gasteiger partial charge in [0.25, 0.3) is 0 Å². The molecule has 0 aromatic carbocycles. The molecule has 0 fully saturated rings. The van der Waals surface area contributed by atoms with Gasteiger partial charge in [-0.3, -0.25) is 0 Å². The third kappa shape index (κ3) is 5.11. The van der Waals surface area contributed by atoms with Gasteiger partial charge in [-0.1, -0.05) is 50.6 Å². The van der Waals surface area contributed by atoms with Gasteiger partial charge in [-0.25, -0.2) is 4.98 Å². The summed E-state index contributed by atoms with van der Waals surface area (Å²) in [4.78, 5) is 6.50. The Hall–Kier alpha value is -2.87. The smallest absolute Gasteiger partial charge is 0.0703 e. The molecular weight excluding hydrogens is 280 g/mol. The van der Waals surface area contributed by atoms with E-state index in [2.05, 4.69) is 31.3 Å². The Morgan fingerprint density at radius 2 is 1.91 bits per heavy atom. The third-order valence-electron chi connectivity index (χ3n) is 3.12. The Morgan fingerprint density at radius 1 is 1.17 bits per heavy atom. The standard InChI is InChI=1S/C21H24N2/c1-7-16-23(17(5)6)20(9-3)13-11-12-19-15-14-18(8-2)21(10-4)22-19/h7-16H,2-5H2,1,6H3/b12-11+,16-7+,20-13+. The van der Waals surface area contributed by atoms with Crippen LogP contribution in [0.4, 0.5) is 0 Å². The molecule has 2 heteroatoms. The van der Waals surface area contributed by atoms with Gasteiger partial charge in [0.05, 0.1) is 11.4 Å². The predicted molar refractivity (Wildman–Crippen MR) is 103 cm³/mol. The van der Waals surface area contributed by atoms with Crippen LogP contribution >= 0.6 is 0 Å². The van der Waals surface area contributed by atoms with E-state index in [9.17, 15) is 0 Å². The molecule has 0 aliphatic rings. The van der Waals surface area contributed by atoms with Gasteiger partial charge in [0.15, 0.2) is 0 Å². The summed E-state index contributed by atoms with van der Waals surface area (Å²) in [6, 6.07) is 3.93. The zero-order valence-corrected chi connectivity index (χ0v) is 14.0. The molecule has 0 amide bonds. The van der Waals surface area contributed by atoms with E-state index < -0.39 is 0 Å². The molecule has 0 unspecified atom stereocenters. The summed E-state index contributed by atoms with van der Waals surface area (Å²) < 4.78 is 0. The van der Waals surface area contributed by atoms with Crippen molar-refractivity contribution >= 4 is 18.2 Å². The van der Waals surface area contributed by atoms with Crippen molar-refractivity contribution in [3.05, 3.63) is 97.3 Å². The maximum atomic E-state index is 4.52. The van der Waals surface area contributed by atoms with Crippen LogP contribution in [0, 0.1) is 0 Å². The number of aromatic nitrogens is 1. The fourth-order valence-corrected chi connectivity index (χ4v) is 2.01. The van der Waals surface area contributed by atoms with E-state index in [1.807, 2.05) is 61.4 Å². The molecule has 1 rings (SSSR count). The number of hydrogen-bond donors (Lipinski definition) is 0. The zero-order valence-electron chi connectivity index (χ0n) is 14.0. The minimum Gasteiger partial charge on any atom is -0.322 e. The molecule has 0 spiro atoms. The molecule has 0 N–H and O–H groups in total. The quantitative estimate of drug-likeness (QED) is 0.562. The molecule has 118 valence electrons. The summed E-state index contributed by atoms with van der Waals surface area (Å²) in [6.07, 6.45) is 15.1. The van der Waals surface area contributed by atoms with Crippen molar-refractivity contribution in [1.82, 2.24) is 9.88 Å². The predicted octanol–water partition coefficient (Wildman–Crippen LogP) is 5.82. The van der Waals surface area contributed by atoms with Crippen LogP contribution in [0.1, 0.15) is 30.8 Å². The van der Waals surface area contributed by atoms with E-state index in [-0.39, 0.29) is 0 Å². The molecule has 23 heavy (non-hydrogen) atoms. The molecule has 0 bridgehead atoms. The largest absolute Gasteiger partial charge is 0.322 e. The van der Waals surface area contributed by atoms with Crippen molar-refractivity contribution in [2.24, 2.45) is 0 Å². The fourth-order valence-electron chi connectivity index (χ4n) is 2.01. The van der Waals surface area contributed by atoms with Crippen molar-refractivity contribution in [3.8, 4) is 0 Å². The van der Waals surface area contributed by atoms with Crippen molar-refractivity contribution in [3.63, 3.8) is 0 Å². The minimum atomic E-state index is 0.826. The highest BCUT2D eigenvalue weighted by molar-refractivity contribution is 5.62. The SMILES string of the molecule is C=C/C(=C\C=C\c1ccc(C=C)c(C=C)n1)N(/C=C/C)C(=C)C. The molecule has 0 radical (unpaired) electrons. The van der Waals surface area contributed by atoms with Gasteiger partial charge in [-0.2, -0.15) is 0 Å². The monoisotopic (exact) mass is 304 g/mol. The first-order valence-corrected chi connectivity index (χ1v) is 7.41. The maximum absolute atomic E-state index is 4.52. The molecule has 0 aliphatic heterocycles. The molecule has 0 saturated heterocycles. The first-order valence-electron chi connectivity index (χ1n) is 7.41. The Labute approximate surface area is 139 Å². The normalized spacial score (nSPS) is 11.7. The Bertz CT molecular complexity index is 688. The average Bonchev–Trinajstić information content (AvgIpc) is 2.56. The van der Waals surface area contributed by atoms with Crippen LogP contribution < -0.4 is 0 Å². The summed E-state index contributed by atoms with van der Waals surface area (Å²) in [7, 11) is 0. The minimum absolute atomic E-state index is 0.826. The summed E-state index contributed by atoms with van der Waals surface area (Å²) in [6.45, 7) is 19.3. The Kier molecular flexibility index (Phi) is 7.28. The van der Waals surface area contributed by atoms with Crippen molar-refractivity contribution in [2.75, 3.05) is 0 Å². The molecule has 0 atom stereocenters. The lowest BCUT2D eigenvalue weighted by atomic mass is 10.1. The molecular formula is C21H24N2. The highest BCUT2D eigenvalue weighted by Crippen LogP contribution is 2.15. The van der Waals surface area contributed by atoms with Crippen LogP contribution in [0.15, 0.2) is 80.3 Å². The first-order chi connectivity index (χ1) is 11.1. The molecule has 2 nitrogen and oxygen atoms in total. The first kappa shape index (κ1) is 18.2. The summed E-state index contributed by atoms with van der Waals surface area (Å²) >= 11 is 0. The average molecular weight is 304 g/mol. The fraction of sp³-hybridized carbons (Fsp3) is 0.0952. The van der Waals surface area contributed by atoms with Crippen molar-refractivity contribution < 1.29 is 0 Å². The lowest BCUT2D eigenvalue weighted by molar-refractivity contribution is 0.597. The number of pyridine rings is 1. The van der Waals surface area contributed by atoms with Crippen LogP contribution in [0.5, 0.6) is 0 Å². The summed E-state index contributed by atoms with van der Waals surface area (Å²) in [5, 5.41) is 0. The third-order valence-corrected chi connectivity index (χ3v) is 3.12. The maximum Gasteiger partial charge on any atom is 0.0703 e. The molecule has 0 saturated carbocycles. The molecule has 0 aliphatic carbocycles. The second kappa shape index (κ2) is 9.21. The van der Waals surface area contributed by atoms with Gasteiger partial charge in [0, 0.05) is 17.6 Å². The number of nitrogens with zero attached hydrogens (tertiary/aromatic N) is 2. The highest BCUT2D eigenvalue weighted by atomic mass is 15.1. The van der Waals surface area contributed by atoms with Gasteiger partial charge < -0.3 is 4.90 Å². The van der Waals surface area contributed by atoms with Crippen LogP contribution in [-0.4, -0.2) is 9.88 Å². The zero-order chi connectivity index (χ0) is 17.2. The van der Waals surface area contributed by atoms with Crippen molar-refractivity contribution in [1.29, 1.82) is 0 Å². The summed E-state index contributed by atoms with van der Waals surface area (Å²) in [5.41, 5.74) is 4.52. The van der Waals surface area contributed by atoms with Gasteiger partial charge in [0.1, 0.15) is 0 Å². The van der Waals surface area contributed by atoms with Crippen LogP contribution in [-0.2, 0) is 0 Å². The van der Waals surface area contributed by atoms with Gasteiger partial charge in [-0.05, 0) is 49.8 Å². The lowest BCUT2D eigenvalue weighted by Crippen LogP contribution is -2.11. The molecule has 1 heterocycles. The molecule has 1 aromatic heterocycles. The summed E-state index contributed by atoms with van der Waals surface area (Å²) in [5.74, 6) is 0. The van der Waals surface area contributed by atoms with Crippen LogP contribution in [0.3, 0.4) is 0 Å². The van der Waals surface area contributed by atoms with Crippen molar-refractivity contribution in [2.45, 2.75) is 13.8 Å². The van der Waals surface area contributed by atoms with E-state index in [1.165, 1.54) is 0 Å². The van der Waals surface area contributed by atoms with E-state index in [0.29, 0.717) is 0 Å². The Balaban J connectivity index is 3.07. The number of hydrogen-bond acceptors (Lipinski definition) is 2. The van der Waals surface area contributed by atoms with E-state index in [4.69, 9.17) is 0 Å². The highest BCUT2D eigenvalue weighted by Gasteiger charge is 2.02. The van der Waals surface area contributed by atoms with Gasteiger partial charge in [0.2, 0.25) is 0 Å². The Morgan fingerprint density at radius 3 is 2.43 bits per heavy atom. The second-order valence-electron chi connectivity index (χ2n) is 4.86. The lowest BCUT2D eigenvalue weighted by Gasteiger charge is -2.20. The van der Waals surface area contributed by atoms with Crippen LogP contribution in [0.25, 0.3) is 18.2 Å². The molecule has 1 aromatic rings. The van der Waals surface area contributed by atoms with E-state index in [0.717, 1.165) is 28.3 Å². The van der Waals surface area contributed by atoms with E-state index in [1.54, 1.807) is 18.2 Å². The topological polar surface area (TPSA) is 16.1 Å². The second-order valence-corrected chi connectivity index (χ2v) is 4.86. The van der Waals surface area contributed by atoms with Crippen LogP contribution in [0.2, 0.25) is 0 Å². The van der Waals surface area contributed by atoms with Gasteiger partial charge in [-0.15, -0.1) is 0 Å². The van der Waals surface area contributed by atoms with Gasteiger partial charge >= 0.3 is 0 Å². The number of rotatable bonds is 8. The van der Waals surface area contributed by atoms with E-state index >= 15 is 0 Å². The number of allylic oxidation sites excluding steroid dienone is 5.